The molecule has 0 bridgehead atoms. The van der Waals surface area contributed by atoms with Gasteiger partial charge in [-0.05, 0) is 24.8 Å². The van der Waals surface area contributed by atoms with E-state index in [0.29, 0.717) is 19.4 Å². The predicted octanol–water partition coefficient (Wildman–Crippen LogP) is 0.662. The summed E-state index contributed by atoms with van der Waals surface area (Å²) >= 11 is 0. The van der Waals surface area contributed by atoms with E-state index < -0.39 is 17.3 Å². The van der Waals surface area contributed by atoms with Crippen molar-refractivity contribution in [1.29, 1.82) is 0 Å². The molecule has 2 rings (SSSR count). The van der Waals surface area contributed by atoms with Gasteiger partial charge in [0.15, 0.2) is 0 Å². The number of rotatable bonds is 4. The van der Waals surface area contributed by atoms with E-state index in [9.17, 15) is 9.90 Å². The molecule has 1 fully saturated rings. The van der Waals surface area contributed by atoms with Gasteiger partial charge >= 0.3 is 0 Å². The molecule has 5 nitrogen and oxygen atoms in total. The third-order valence-corrected chi connectivity index (χ3v) is 4.21. The van der Waals surface area contributed by atoms with E-state index in [-0.39, 0.29) is 5.78 Å². The zero-order valence-corrected chi connectivity index (χ0v) is 11.1. The number of carbonyl (C=O) groups excluding carboxylic acids is 1. The zero-order valence-electron chi connectivity index (χ0n) is 11.1. The number of Topliss-reactive ketones (excluding diaryl/α,β-unsaturated/α-hetero) is 1. The molecule has 2 aliphatic rings. The zero-order chi connectivity index (χ0) is 13.4. The summed E-state index contributed by atoms with van der Waals surface area (Å²) in [7, 11) is 4.37. The molecule has 0 saturated heterocycles. The van der Waals surface area contributed by atoms with Gasteiger partial charge in [-0.3, -0.25) is 4.79 Å². The number of methoxy groups -OCH3 is 3. The molecular weight excluding hydrogens is 236 g/mol. The summed E-state index contributed by atoms with van der Waals surface area (Å²) < 4.78 is 15.5. The van der Waals surface area contributed by atoms with E-state index in [2.05, 4.69) is 0 Å². The standard InChI is InChI=1S/C13H20O5/c1-16-8-9-5-4-6-12(9)7-10(14)13(17-2,18-3)11(12)15/h5,10,14H,4,6-8H2,1-3H3. The molecule has 0 aromatic heterocycles. The topological polar surface area (TPSA) is 65.0 Å². The molecule has 102 valence electrons. The number of hydrogen-bond acceptors (Lipinski definition) is 5. The first-order chi connectivity index (χ1) is 8.57. The lowest BCUT2D eigenvalue weighted by Crippen LogP contribution is -2.49. The first-order valence-corrected chi connectivity index (χ1v) is 6.09. The number of aliphatic hydroxyl groups is 1. The number of ketones is 1. The van der Waals surface area contributed by atoms with Gasteiger partial charge in [-0.2, -0.15) is 0 Å². The number of aliphatic hydroxyl groups excluding tert-OH is 1. The molecule has 0 aromatic rings. The Bertz CT molecular complexity index is 372. The third kappa shape index (κ3) is 1.58. The van der Waals surface area contributed by atoms with Gasteiger partial charge in [-0.15, -0.1) is 0 Å². The molecule has 18 heavy (non-hydrogen) atoms. The van der Waals surface area contributed by atoms with Gasteiger partial charge in [-0.1, -0.05) is 6.08 Å². The highest BCUT2D eigenvalue weighted by Gasteiger charge is 2.65. The molecule has 2 aliphatic carbocycles. The van der Waals surface area contributed by atoms with Gasteiger partial charge in [0.2, 0.25) is 5.78 Å². The van der Waals surface area contributed by atoms with Gasteiger partial charge in [0.1, 0.15) is 6.10 Å². The number of hydrogen-bond donors (Lipinski definition) is 1. The van der Waals surface area contributed by atoms with Crippen molar-refractivity contribution in [3.63, 3.8) is 0 Å². The fraction of sp³-hybridized carbons (Fsp3) is 0.769. The first kappa shape index (κ1) is 13.7. The summed E-state index contributed by atoms with van der Waals surface area (Å²) in [5, 5.41) is 10.2. The van der Waals surface area contributed by atoms with Crippen LogP contribution in [0.25, 0.3) is 0 Å². The monoisotopic (exact) mass is 256 g/mol. The summed E-state index contributed by atoms with van der Waals surface area (Å²) in [6, 6.07) is 0. The van der Waals surface area contributed by atoms with Crippen LogP contribution < -0.4 is 0 Å². The number of carbonyl (C=O) groups is 1. The first-order valence-electron chi connectivity index (χ1n) is 6.09. The lowest BCUT2D eigenvalue weighted by molar-refractivity contribution is -0.234. The second-order valence-electron chi connectivity index (χ2n) is 4.91. The molecule has 0 heterocycles. The molecule has 1 N–H and O–H groups in total. The molecular formula is C13H20O5. The highest BCUT2D eigenvalue weighted by Crippen LogP contribution is 2.53. The van der Waals surface area contributed by atoms with Crippen molar-refractivity contribution in [3.8, 4) is 0 Å². The quantitative estimate of drug-likeness (QED) is 0.591. The molecule has 0 amide bonds. The third-order valence-electron chi connectivity index (χ3n) is 4.21. The van der Waals surface area contributed by atoms with Crippen molar-refractivity contribution in [2.75, 3.05) is 27.9 Å². The van der Waals surface area contributed by atoms with Crippen LogP contribution in [0.3, 0.4) is 0 Å². The molecule has 0 aromatic carbocycles. The Morgan fingerprint density at radius 2 is 2.06 bits per heavy atom. The van der Waals surface area contributed by atoms with Crippen molar-refractivity contribution in [2.24, 2.45) is 5.41 Å². The minimum absolute atomic E-state index is 0.187. The molecule has 1 saturated carbocycles. The lowest BCUT2D eigenvalue weighted by atomic mass is 9.78. The normalized spacial score (nSPS) is 34.3. The largest absolute Gasteiger partial charge is 0.387 e. The van der Waals surface area contributed by atoms with Gasteiger partial charge in [0.25, 0.3) is 5.79 Å². The average Bonchev–Trinajstić information content (AvgIpc) is 2.84. The Balaban J connectivity index is 2.38. The second kappa shape index (κ2) is 4.74. The van der Waals surface area contributed by atoms with Crippen LogP contribution in [-0.2, 0) is 19.0 Å². The van der Waals surface area contributed by atoms with Crippen LogP contribution in [0.15, 0.2) is 11.6 Å². The predicted molar refractivity (Wildman–Crippen MR) is 64.0 cm³/mol. The van der Waals surface area contributed by atoms with E-state index in [1.165, 1.54) is 14.2 Å². The number of allylic oxidation sites excluding steroid dienone is 1. The Kier molecular flexibility index (Phi) is 3.60. The smallest absolute Gasteiger partial charge is 0.256 e. The van der Waals surface area contributed by atoms with E-state index in [4.69, 9.17) is 14.2 Å². The molecule has 2 unspecified atom stereocenters. The van der Waals surface area contributed by atoms with E-state index in [1.807, 2.05) is 6.08 Å². The van der Waals surface area contributed by atoms with Gasteiger partial charge < -0.3 is 19.3 Å². The maximum Gasteiger partial charge on any atom is 0.256 e. The number of ether oxygens (including phenoxy) is 3. The summed E-state index contributed by atoms with van der Waals surface area (Å²) in [6.07, 6.45) is 2.92. The molecule has 1 spiro atoms. The van der Waals surface area contributed by atoms with Crippen LogP contribution >= 0.6 is 0 Å². The van der Waals surface area contributed by atoms with Crippen LogP contribution in [0.2, 0.25) is 0 Å². The van der Waals surface area contributed by atoms with Crippen LogP contribution in [0, 0.1) is 5.41 Å². The fourth-order valence-corrected chi connectivity index (χ4v) is 3.28. The van der Waals surface area contributed by atoms with Crippen molar-refractivity contribution < 1.29 is 24.1 Å². The van der Waals surface area contributed by atoms with Gasteiger partial charge in [-0.25, -0.2) is 0 Å². The highest BCUT2D eigenvalue weighted by molar-refractivity contribution is 5.97. The van der Waals surface area contributed by atoms with Crippen molar-refractivity contribution >= 4 is 5.78 Å². The Labute approximate surface area is 107 Å². The van der Waals surface area contributed by atoms with E-state index in [1.54, 1.807) is 7.11 Å². The summed E-state index contributed by atoms with van der Waals surface area (Å²) in [4.78, 5) is 12.7. The lowest BCUT2D eigenvalue weighted by Gasteiger charge is -2.30. The Hall–Kier alpha value is -0.750. The Morgan fingerprint density at radius 1 is 1.39 bits per heavy atom. The SMILES string of the molecule is COCC1=CCCC12CC(O)C(OC)(OC)C2=O. The van der Waals surface area contributed by atoms with E-state index in [0.717, 1.165) is 12.0 Å². The van der Waals surface area contributed by atoms with Crippen molar-refractivity contribution in [1.82, 2.24) is 0 Å². The van der Waals surface area contributed by atoms with E-state index >= 15 is 0 Å². The van der Waals surface area contributed by atoms with Crippen LogP contribution in [0.4, 0.5) is 0 Å². The summed E-state index contributed by atoms with van der Waals surface area (Å²) in [5.74, 6) is -1.72. The molecule has 0 radical (unpaired) electrons. The van der Waals surface area contributed by atoms with Crippen molar-refractivity contribution in [3.05, 3.63) is 11.6 Å². The minimum atomic E-state index is -1.53. The molecule has 2 atom stereocenters. The van der Waals surface area contributed by atoms with Crippen LogP contribution in [0.5, 0.6) is 0 Å². The van der Waals surface area contributed by atoms with Crippen LogP contribution in [-0.4, -0.2) is 50.7 Å². The highest BCUT2D eigenvalue weighted by atomic mass is 16.7. The van der Waals surface area contributed by atoms with Crippen LogP contribution in [0.1, 0.15) is 19.3 Å². The maximum absolute atomic E-state index is 12.7. The average molecular weight is 256 g/mol. The second-order valence-corrected chi connectivity index (χ2v) is 4.91. The maximum atomic E-state index is 12.7. The Morgan fingerprint density at radius 3 is 2.56 bits per heavy atom. The summed E-state index contributed by atoms with van der Waals surface area (Å²) in [6.45, 7) is 0.405. The minimum Gasteiger partial charge on any atom is -0.387 e. The molecule has 0 aliphatic heterocycles. The van der Waals surface area contributed by atoms with Gasteiger partial charge in [0, 0.05) is 21.3 Å². The van der Waals surface area contributed by atoms with Crippen molar-refractivity contribution in [2.45, 2.75) is 31.2 Å². The summed E-state index contributed by atoms with van der Waals surface area (Å²) in [5.41, 5.74) is 0.256. The fourth-order valence-electron chi connectivity index (χ4n) is 3.28. The molecule has 5 heteroatoms. The van der Waals surface area contributed by atoms with Gasteiger partial charge in [0.05, 0.1) is 12.0 Å².